The van der Waals surface area contributed by atoms with Crippen molar-refractivity contribution in [3.63, 3.8) is 0 Å². The highest BCUT2D eigenvalue weighted by Gasteiger charge is 2.26. The lowest BCUT2D eigenvalue weighted by Crippen LogP contribution is -2.20. The third-order valence-electron chi connectivity index (χ3n) is 5.00. The molecule has 0 aliphatic heterocycles. The molecule has 5 heteroatoms. The summed E-state index contributed by atoms with van der Waals surface area (Å²) in [5, 5.41) is 4.31. The maximum absolute atomic E-state index is 13.1. The molecular formula is C20H16N2OS2. The number of hydrogen-bond donors (Lipinski definition) is 1. The van der Waals surface area contributed by atoms with E-state index in [9.17, 15) is 4.79 Å². The third-order valence-corrected chi connectivity index (χ3v) is 6.37. The first-order chi connectivity index (χ1) is 12.1. The van der Waals surface area contributed by atoms with Gasteiger partial charge in [-0.2, -0.15) is 0 Å². The van der Waals surface area contributed by atoms with Gasteiger partial charge in [-0.15, -0.1) is 11.3 Å². The van der Waals surface area contributed by atoms with Crippen LogP contribution >= 0.6 is 23.6 Å². The van der Waals surface area contributed by atoms with Crippen LogP contribution in [0.3, 0.4) is 0 Å². The molecule has 5 rings (SSSR count). The molecule has 1 aliphatic rings. The van der Waals surface area contributed by atoms with E-state index in [0.717, 1.165) is 26.9 Å². The molecule has 0 radical (unpaired) electrons. The number of aromatic nitrogens is 2. The van der Waals surface area contributed by atoms with Gasteiger partial charge in [0.1, 0.15) is 4.70 Å². The number of aromatic amines is 1. The Labute approximate surface area is 153 Å². The van der Waals surface area contributed by atoms with Crippen LogP contribution in [0.5, 0.6) is 0 Å². The van der Waals surface area contributed by atoms with E-state index in [1.165, 1.54) is 35.1 Å². The summed E-state index contributed by atoms with van der Waals surface area (Å²) in [6.07, 6.45) is 2.51. The molecule has 1 saturated carbocycles. The average Bonchev–Trinajstić information content (AvgIpc) is 3.39. The molecule has 0 atom stereocenters. The molecule has 0 bridgehead atoms. The Balaban J connectivity index is 1.88. The van der Waals surface area contributed by atoms with Gasteiger partial charge in [0, 0.05) is 5.39 Å². The van der Waals surface area contributed by atoms with Gasteiger partial charge >= 0.3 is 0 Å². The van der Waals surface area contributed by atoms with Crippen LogP contribution in [0.25, 0.3) is 26.7 Å². The Kier molecular flexibility index (Phi) is 3.24. The number of fused-ring (bicyclic) bond motifs is 2. The highest BCUT2D eigenvalue weighted by Crippen LogP contribution is 2.44. The van der Waals surface area contributed by atoms with Crippen LogP contribution in [0.1, 0.15) is 29.9 Å². The first kappa shape index (κ1) is 15.0. The smallest absolute Gasteiger partial charge is 0.276 e. The van der Waals surface area contributed by atoms with E-state index < -0.39 is 0 Å². The lowest BCUT2D eigenvalue weighted by atomic mass is 9.99. The van der Waals surface area contributed by atoms with Gasteiger partial charge < -0.3 is 4.98 Å². The summed E-state index contributed by atoms with van der Waals surface area (Å²) in [7, 11) is 0. The summed E-state index contributed by atoms with van der Waals surface area (Å²) in [6.45, 7) is 1.99. The Bertz CT molecular complexity index is 1260. The number of thiophene rings is 1. The SMILES string of the molecule is Cc1csc2c(=O)n(-c3ccc(C4CC4)c4ccccc34)c(=S)[nH]c12. The van der Waals surface area contributed by atoms with Gasteiger partial charge in [0.25, 0.3) is 5.56 Å². The molecule has 2 aromatic heterocycles. The molecule has 1 aliphatic carbocycles. The van der Waals surface area contributed by atoms with Gasteiger partial charge in [-0.1, -0.05) is 30.3 Å². The fourth-order valence-corrected chi connectivity index (χ4v) is 4.80. The first-order valence-corrected chi connectivity index (χ1v) is 9.69. The summed E-state index contributed by atoms with van der Waals surface area (Å²) in [6, 6.07) is 12.5. The molecule has 1 fully saturated rings. The fourth-order valence-electron chi connectivity index (χ4n) is 3.58. The van der Waals surface area contributed by atoms with E-state index in [1.807, 2.05) is 24.4 Å². The van der Waals surface area contributed by atoms with Gasteiger partial charge in [0.15, 0.2) is 4.77 Å². The van der Waals surface area contributed by atoms with Crippen molar-refractivity contribution >= 4 is 44.5 Å². The zero-order valence-corrected chi connectivity index (χ0v) is 15.3. The van der Waals surface area contributed by atoms with Gasteiger partial charge in [-0.3, -0.25) is 9.36 Å². The molecule has 4 aromatic rings. The molecule has 124 valence electrons. The van der Waals surface area contributed by atoms with E-state index in [0.29, 0.717) is 10.7 Å². The van der Waals surface area contributed by atoms with E-state index in [-0.39, 0.29) is 5.56 Å². The minimum absolute atomic E-state index is 0.0406. The van der Waals surface area contributed by atoms with Crippen molar-refractivity contribution in [1.29, 1.82) is 0 Å². The monoisotopic (exact) mass is 364 g/mol. The van der Waals surface area contributed by atoms with Crippen molar-refractivity contribution in [1.82, 2.24) is 9.55 Å². The normalized spacial score (nSPS) is 14.4. The Morgan fingerprint density at radius 2 is 1.92 bits per heavy atom. The van der Waals surface area contributed by atoms with Crippen molar-refractivity contribution in [3.8, 4) is 5.69 Å². The van der Waals surface area contributed by atoms with Crippen molar-refractivity contribution < 1.29 is 0 Å². The van der Waals surface area contributed by atoms with Gasteiger partial charge in [0.05, 0.1) is 11.2 Å². The standard InChI is InChI=1S/C20H16N2OS2/c1-11-10-25-18-17(11)21-20(24)22(19(18)23)16-9-8-13(12-6-7-12)14-4-2-3-5-15(14)16/h2-5,8-10,12H,6-7H2,1H3,(H,21,24). The molecule has 1 N–H and O–H groups in total. The van der Waals surface area contributed by atoms with Crippen molar-refractivity contribution in [3.05, 3.63) is 68.0 Å². The van der Waals surface area contributed by atoms with Crippen LogP contribution in [-0.4, -0.2) is 9.55 Å². The van der Waals surface area contributed by atoms with E-state index >= 15 is 0 Å². The van der Waals surface area contributed by atoms with Gasteiger partial charge in [0.2, 0.25) is 0 Å². The van der Waals surface area contributed by atoms with Crippen LogP contribution < -0.4 is 5.56 Å². The molecule has 0 spiro atoms. The van der Waals surface area contributed by atoms with Crippen molar-refractivity contribution in [2.45, 2.75) is 25.7 Å². The molecule has 0 amide bonds. The fraction of sp³-hybridized carbons (Fsp3) is 0.200. The van der Waals surface area contributed by atoms with E-state index in [1.54, 1.807) is 4.57 Å². The molecular weight excluding hydrogens is 348 g/mol. The molecule has 0 unspecified atom stereocenters. The maximum Gasteiger partial charge on any atom is 0.276 e. The zero-order chi connectivity index (χ0) is 17.1. The van der Waals surface area contributed by atoms with E-state index in [2.05, 4.69) is 29.2 Å². The number of H-pyrrole nitrogens is 1. The first-order valence-electron chi connectivity index (χ1n) is 8.40. The van der Waals surface area contributed by atoms with Crippen LogP contribution in [-0.2, 0) is 0 Å². The lowest BCUT2D eigenvalue weighted by Gasteiger charge is -2.13. The van der Waals surface area contributed by atoms with Gasteiger partial charge in [-0.25, -0.2) is 0 Å². The summed E-state index contributed by atoms with van der Waals surface area (Å²) >= 11 is 7.02. The minimum Gasteiger partial charge on any atom is -0.330 e. The van der Waals surface area contributed by atoms with Crippen molar-refractivity contribution in [2.75, 3.05) is 0 Å². The van der Waals surface area contributed by atoms with E-state index in [4.69, 9.17) is 12.2 Å². The van der Waals surface area contributed by atoms with Crippen LogP contribution in [0.4, 0.5) is 0 Å². The summed E-state index contributed by atoms with van der Waals surface area (Å²) < 4.78 is 2.82. The number of benzene rings is 2. The molecule has 3 nitrogen and oxygen atoms in total. The maximum atomic E-state index is 13.1. The molecule has 25 heavy (non-hydrogen) atoms. The number of nitrogens with zero attached hydrogens (tertiary/aromatic N) is 1. The summed E-state index contributed by atoms with van der Waals surface area (Å²) in [5.74, 6) is 0.660. The number of aryl methyl sites for hydroxylation is 1. The largest absolute Gasteiger partial charge is 0.330 e. The second kappa shape index (κ2) is 5.38. The highest BCUT2D eigenvalue weighted by atomic mass is 32.1. The quantitative estimate of drug-likeness (QED) is 0.480. The van der Waals surface area contributed by atoms with Crippen LogP contribution in [0.15, 0.2) is 46.6 Å². The molecule has 2 aromatic carbocycles. The minimum atomic E-state index is -0.0406. The summed E-state index contributed by atoms with van der Waals surface area (Å²) in [5.41, 5.74) is 4.12. The molecule has 2 heterocycles. The third kappa shape index (κ3) is 2.23. The van der Waals surface area contributed by atoms with Crippen LogP contribution in [0.2, 0.25) is 0 Å². The Morgan fingerprint density at radius 1 is 1.16 bits per heavy atom. The van der Waals surface area contributed by atoms with Crippen molar-refractivity contribution in [2.24, 2.45) is 0 Å². The lowest BCUT2D eigenvalue weighted by molar-refractivity contribution is 0.949. The molecule has 0 saturated heterocycles. The highest BCUT2D eigenvalue weighted by molar-refractivity contribution is 7.71. The van der Waals surface area contributed by atoms with Crippen LogP contribution in [0, 0.1) is 11.7 Å². The topological polar surface area (TPSA) is 37.8 Å². The predicted molar refractivity (Wildman–Crippen MR) is 107 cm³/mol. The second-order valence-electron chi connectivity index (χ2n) is 6.69. The zero-order valence-electron chi connectivity index (χ0n) is 13.7. The number of hydrogen-bond acceptors (Lipinski definition) is 3. The Morgan fingerprint density at radius 3 is 2.68 bits per heavy atom. The second-order valence-corrected chi connectivity index (χ2v) is 7.95. The predicted octanol–water partition coefficient (Wildman–Crippen LogP) is 5.45. The number of rotatable bonds is 2. The average molecular weight is 364 g/mol. The summed E-state index contributed by atoms with van der Waals surface area (Å²) in [4.78, 5) is 16.4. The number of nitrogens with one attached hydrogen (secondary N) is 1. The van der Waals surface area contributed by atoms with Gasteiger partial charge in [-0.05, 0) is 65.9 Å². The Hall–Kier alpha value is -2.24.